The number of hydrogen-bond donors (Lipinski definition) is 1. The monoisotopic (exact) mass is 248 g/mol. The molecule has 2 heteroatoms. The number of likely N-dealkylation sites (N-methyl/N-ethyl adjacent to an activating group) is 2. The second-order valence-electron chi connectivity index (χ2n) is 5.11. The average molecular weight is 248 g/mol. The molecular formula is C16H28N2. The van der Waals surface area contributed by atoms with Gasteiger partial charge in [0.05, 0.1) is 0 Å². The SMILES string of the molecule is CCNC(c1ccccc1)C(C)N(CC)C(C)C. The molecule has 0 bridgehead atoms. The fraction of sp³-hybridized carbons (Fsp3) is 0.625. The molecule has 0 aliphatic heterocycles. The zero-order valence-electron chi connectivity index (χ0n) is 12.5. The molecule has 0 fully saturated rings. The first-order valence-electron chi connectivity index (χ1n) is 7.15. The van der Waals surface area contributed by atoms with Gasteiger partial charge >= 0.3 is 0 Å². The Kier molecular flexibility index (Phi) is 6.37. The molecule has 1 aromatic carbocycles. The summed E-state index contributed by atoms with van der Waals surface area (Å²) in [5.41, 5.74) is 1.38. The Bertz CT molecular complexity index is 321. The zero-order chi connectivity index (χ0) is 13.5. The lowest BCUT2D eigenvalue weighted by molar-refractivity contribution is 0.140. The Morgan fingerprint density at radius 3 is 2.11 bits per heavy atom. The Labute approximate surface area is 112 Å². The highest BCUT2D eigenvalue weighted by Gasteiger charge is 2.24. The van der Waals surface area contributed by atoms with Crippen LogP contribution in [-0.2, 0) is 0 Å². The lowest BCUT2D eigenvalue weighted by Crippen LogP contribution is -2.46. The second kappa shape index (κ2) is 7.55. The summed E-state index contributed by atoms with van der Waals surface area (Å²) in [4.78, 5) is 2.54. The predicted molar refractivity (Wildman–Crippen MR) is 79.8 cm³/mol. The van der Waals surface area contributed by atoms with Gasteiger partial charge in [-0.2, -0.15) is 0 Å². The van der Waals surface area contributed by atoms with E-state index >= 15 is 0 Å². The largest absolute Gasteiger partial charge is 0.309 e. The molecule has 0 saturated heterocycles. The van der Waals surface area contributed by atoms with Gasteiger partial charge < -0.3 is 5.32 Å². The zero-order valence-corrected chi connectivity index (χ0v) is 12.5. The van der Waals surface area contributed by atoms with Gasteiger partial charge in [0.15, 0.2) is 0 Å². The van der Waals surface area contributed by atoms with Crippen molar-refractivity contribution in [3.05, 3.63) is 35.9 Å². The van der Waals surface area contributed by atoms with Gasteiger partial charge in [0, 0.05) is 18.1 Å². The molecule has 0 aromatic heterocycles. The summed E-state index contributed by atoms with van der Waals surface area (Å²) in [5.74, 6) is 0. The first-order valence-corrected chi connectivity index (χ1v) is 7.15. The van der Waals surface area contributed by atoms with E-state index in [0.717, 1.165) is 13.1 Å². The van der Waals surface area contributed by atoms with Crippen molar-refractivity contribution in [2.75, 3.05) is 13.1 Å². The molecule has 0 aliphatic rings. The number of benzene rings is 1. The Balaban J connectivity index is 2.90. The van der Waals surface area contributed by atoms with Crippen LogP contribution in [0.15, 0.2) is 30.3 Å². The van der Waals surface area contributed by atoms with Gasteiger partial charge in [-0.3, -0.25) is 4.90 Å². The molecule has 0 heterocycles. The number of hydrogen-bond acceptors (Lipinski definition) is 2. The van der Waals surface area contributed by atoms with Crippen molar-refractivity contribution in [3.8, 4) is 0 Å². The van der Waals surface area contributed by atoms with Crippen LogP contribution < -0.4 is 5.32 Å². The van der Waals surface area contributed by atoms with Crippen molar-refractivity contribution < 1.29 is 0 Å². The molecule has 1 aromatic rings. The minimum absolute atomic E-state index is 0.401. The van der Waals surface area contributed by atoms with Crippen molar-refractivity contribution >= 4 is 0 Å². The van der Waals surface area contributed by atoms with E-state index in [0.29, 0.717) is 18.1 Å². The van der Waals surface area contributed by atoms with Gasteiger partial charge in [-0.1, -0.05) is 44.2 Å². The van der Waals surface area contributed by atoms with Crippen LogP contribution in [0.1, 0.15) is 46.2 Å². The summed E-state index contributed by atoms with van der Waals surface area (Å²) < 4.78 is 0. The third-order valence-electron chi connectivity index (χ3n) is 3.62. The molecule has 2 unspecified atom stereocenters. The Morgan fingerprint density at radius 2 is 1.67 bits per heavy atom. The maximum Gasteiger partial charge on any atom is 0.0475 e. The first-order chi connectivity index (χ1) is 8.61. The highest BCUT2D eigenvalue weighted by molar-refractivity contribution is 5.20. The van der Waals surface area contributed by atoms with E-state index in [2.05, 4.69) is 75.2 Å². The first kappa shape index (κ1) is 15.2. The number of rotatable bonds is 7. The van der Waals surface area contributed by atoms with E-state index in [9.17, 15) is 0 Å². The van der Waals surface area contributed by atoms with Crippen molar-refractivity contribution in [2.24, 2.45) is 0 Å². The van der Waals surface area contributed by atoms with E-state index in [1.54, 1.807) is 0 Å². The molecule has 0 aliphatic carbocycles. The fourth-order valence-corrected chi connectivity index (χ4v) is 2.76. The average Bonchev–Trinajstić information content (AvgIpc) is 2.37. The van der Waals surface area contributed by atoms with Crippen LogP contribution >= 0.6 is 0 Å². The molecule has 18 heavy (non-hydrogen) atoms. The van der Waals surface area contributed by atoms with Crippen LogP contribution in [0.3, 0.4) is 0 Å². The maximum absolute atomic E-state index is 3.63. The summed E-state index contributed by atoms with van der Waals surface area (Å²) in [6, 6.07) is 12.2. The Morgan fingerprint density at radius 1 is 1.06 bits per heavy atom. The normalized spacial score (nSPS) is 15.1. The van der Waals surface area contributed by atoms with Gasteiger partial charge in [-0.25, -0.2) is 0 Å². The van der Waals surface area contributed by atoms with E-state index in [-0.39, 0.29) is 0 Å². The summed E-state index contributed by atoms with van der Waals surface area (Å²) in [5, 5.41) is 3.63. The van der Waals surface area contributed by atoms with E-state index in [4.69, 9.17) is 0 Å². The van der Waals surface area contributed by atoms with Crippen LogP contribution in [0.5, 0.6) is 0 Å². The molecule has 1 N–H and O–H groups in total. The van der Waals surface area contributed by atoms with Gasteiger partial charge in [0.2, 0.25) is 0 Å². The summed E-state index contributed by atoms with van der Waals surface area (Å²) in [7, 11) is 0. The maximum atomic E-state index is 3.63. The minimum Gasteiger partial charge on any atom is -0.309 e. The van der Waals surface area contributed by atoms with E-state index in [1.807, 2.05) is 0 Å². The third kappa shape index (κ3) is 3.82. The molecule has 0 saturated carbocycles. The lowest BCUT2D eigenvalue weighted by atomic mass is 9.98. The molecule has 2 nitrogen and oxygen atoms in total. The molecule has 0 spiro atoms. The second-order valence-corrected chi connectivity index (χ2v) is 5.11. The topological polar surface area (TPSA) is 15.3 Å². The van der Waals surface area contributed by atoms with E-state index < -0.39 is 0 Å². The van der Waals surface area contributed by atoms with Gasteiger partial charge in [-0.05, 0) is 39.4 Å². The van der Waals surface area contributed by atoms with Gasteiger partial charge in [0.25, 0.3) is 0 Å². The Hall–Kier alpha value is -0.860. The van der Waals surface area contributed by atoms with Crippen LogP contribution in [-0.4, -0.2) is 30.1 Å². The van der Waals surface area contributed by atoms with Crippen molar-refractivity contribution in [1.29, 1.82) is 0 Å². The standard InChI is InChI=1S/C16H28N2/c1-6-17-16(15-11-9-8-10-12-15)14(5)18(7-2)13(3)4/h8-14,16-17H,6-7H2,1-5H3. The van der Waals surface area contributed by atoms with E-state index in [1.165, 1.54) is 5.56 Å². The van der Waals surface area contributed by atoms with Crippen LogP contribution in [0.2, 0.25) is 0 Å². The molecule has 1 rings (SSSR count). The van der Waals surface area contributed by atoms with Gasteiger partial charge in [0.1, 0.15) is 0 Å². The molecular weight excluding hydrogens is 220 g/mol. The molecule has 2 atom stereocenters. The summed E-state index contributed by atoms with van der Waals surface area (Å²) in [6.07, 6.45) is 0. The third-order valence-corrected chi connectivity index (χ3v) is 3.62. The lowest BCUT2D eigenvalue weighted by Gasteiger charge is -2.37. The molecule has 0 radical (unpaired) electrons. The molecule has 0 amide bonds. The fourth-order valence-electron chi connectivity index (χ4n) is 2.76. The smallest absolute Gasteiger partial charge is 0.0475 e. The van der Waals surface area contributed by atoms with Crippen LogP contribution in [0, 0.1) is 0 Å². The van der Waals surface area contributed by atoms with Crippen molar-refractivity contribution in [2.45, 2.75) is 52.7 Å². The number of nitrogens with one attached hydrogen (secondary N) is 1. The van der Waals surface area contributed by atoms with Gasteiger partial charge in [-0.15, -0.1) is 0 Å². The molecule has 102 valence electrons. The highest BCUT2D eigenvalue weighted by Crippen LogP contribution is 2.22. The van der Waals surface area contributed by atoms with Crippen molar-refractivity contribution in [1.82, 2.24) is 10.2 Å². The van der Waals surface area contributed by atoms with Crippen LogP contribution in [0.25, 0.3) is 0 Å². The predicted octanol–water partition coefficient (Wildman–Crippen LogP) is 3.46. The highest BCUT2D eigenvalue weighted by atomic mass is 15.2. The summed E-state index contributed by atoms with van der Waals surface area (Å²) >= 11 is 0. The van der Waals surface area contributed by atoms with Crippen molar-refractivity contribution in [3.63, 3.8) is 0 Å². The van der Waals surface area contributed by atoms with Crippen LogP contribution in [0.4, 0.5) is 0 Å². The summed E-state index contributed by atoms with van der Waals surface area (Å²) in [6.45, 7) is 13.4. The quantitative estimate of drug-likeness (QED) is 0.795. The minimum atomic E-state index is 0.401. The number of nitrogens with zero attached hydrogens (tertiary/aromatic N) is 1.